The van der Waals surface area contributed by atoms with E-state index in [-0.39, 0.29) is 24.3 Å². The number of oxime groups is 1. The van der Waals surface area contributed by atoms with Gasteiger partial charge in [-0.25, -0.2) is 0 Å². The third kappa shape index (κ3) is 3.80. The summed E-state index contributed by atoms with van der Waals surface area (Å²) in [5, 5.41) is 12.4. The topological polar surface area (TPSA) is 78.9 Å². The number of rotatable bonds is 4. The van der Waals surface area contributed by atoms with Gasteiger partial charge < -0.3 is 15.8 Å². The maximum Gasteiger partial charge on any atom is 0.254 e. The van der Waals surface area contributed by atoms with E-state index in [2.05, 4.69) is 5.16 Å². The number of carbonyl (C=O) groups excluding carboxylic acids is 1. The molecule has 1 saturated carbocycles. The second-order valence-electron chi connectivity index (χ2n) is 5.09. The molecule has 1 fully saturated rings. The van der Waals surface area contributed by atoms with Gasteiger partial charge in [0.05, 0.1) is 16.6 Å². The molecule has 0 spiro atoms. The number of nitrogens with zero attached hydrogens (tertiary/aromatic N) is 2. The quantitative estimate of drug-likeness (QED) is 0.385. The Balaban J connectivity index is 2.25. The average Bonchev–Trinajstić information content (AvgIpc) is 3.00. The van der Waals surface area contributed by atoms with E-state index in [0.29, 0.717) is 15.6 Å². The van der Waals surface area contributed by atoms with Crippen molar-refractivity contribution in [1.29, 1.82) is 0 Å². The van der Waals surface area contributed by atoms with Gasteiger partial charge in [-0.2, -0.15) is 0 Å². The predicted molar refractivity (Wildman–Crippen MR) is 83.2 cm³/mol. The van der Waals surface area contributed by atoms with Crippen LogP contribution in [0.4, 0.5) is 0 Å². The van der Waals surface area contributed by atoms with Crippen molar-refractivity contribution < 1.29 is 10.0 Å². The van der Waals surface area contributed by atoms with E-state index in [1.807, 2.05) is 0 Å². The molecule has 0 saturated heterocycles. The van der Waals surface area contributed by atoms with Gasteiger partial charge in [0.15, 0.2) is 5.84 Å². The van der Waals surface area contributed by atoms with Crippen LogP contribution in [0.5, 0.6) is 0 Å². The van der Waals surface area contributed by atoms with Crippen LogP contribution in [-0.2, 0) is 0 Å². The lowest BCUT2D eigenvalue weighted by Gasteiger charge is -2.28. The Hall–Kier alpha value is -1.46. The van der Waals surface area contributed by atoms with Crippen LogP contribution in [0.3, 0.4) is 0 Å². The van der Waals surface area contributed by atoms with Gasteiger partial charge in [-0.3, -0.25) is 4.79 Å². The molecule has 7 heteroatoms. The Morgan fingerprint density at radius 1 is 1.33 bits per heavy atom. The number of benzene rings is 1. The minimum atomic E-state index is -0.188. The first-order valence-electron chi connectivity index (χ1n) is 6.75. The van der Waals surface area contributed by atoms with Crippen LogP contribution in [0.1, 0.15) is 36.0 Å². The summed E-state index contributed by atoms with van der Waals surface area (Å²) in [6.45, 7) is 0.0975. The van der Waals surface area contributed by atoms with Crippen molar-refractivity contribution in [2.45, 2.75) is 31.7 Å². The van der Waals surface area contributed by atoms with Crippen LogP contribution in [-0.4, -0.2) is 34.4 Å². The van der Waals surface area contributed by atoms with Crippen molar-refractivity contribution in [2.24, 2.45) is 10.9 Å². The van der Waals surface area contributed by atoms with Gasteiger partial charge in [-0.15, -0.1) is 0 Å². The molecule has 0 unspecified atom stereocenters. The number of carbonyl (C=O) groups is 1. The zero-order valence-electron chi connectivity index (χ0n) is 11.4. The summed E-state index contributed by atoms with van der Waals surface area (Å²) in [6, 6.07) is 4.87. The lowest BCUT2D eigenvalue weighted by Crippen LogP contribution is -2.44. The highest BCUT2D eigenvalue weighted by Gasteiger charge is 2.28. The molecule has 0 bridgehead atoms. The lowest BCUT2D eigenvalue weighted by molar-refractivity contribution is 0.0712. The van der Waals surface area contributed by atoms with Crippen molar-refractivity contribution in [2.75, 3.05) is 6.54 Å². The number of amides is 1. The van der Waals surface area contributed by atoms with Crippen molar-refractivity contribution >= 4 is 34.9 Å². The monoisotopic (exact) mass is 329 g/mol. The average molecular weight is 330 g/mol. The Labute approximate surface area is 133 Å². The fourth-order valence-corrected chi connectivity index (χ4v) is 2.88. The predicted octanol–water partition coefficient (Wildman–Crippen LogP) is 3.12. The third-order valence-electron chi connectivity index (χ3n) is 3.65. The highest BCUT2D eigenvalue weighted by molar-refractivity contribution is 6.42. The van der Waals surface area contributed by atoms with Crippen LogP contribution in [0.2, 0.25) is 10.0 Å². The molecule has 0 heterocycles. The molecule has 3 N–H and O–H groups in total. The van der Waals surface area contributed by atoms with E-state index < -0.39 is 0 Å². The van der Waals surface area contributed by atoms with Gasteiger partial charge in [-0.1, -0.05) is 41.2 Å². The van der Waals surface area contributed by atoms with Gasteiger partial charge >= 0.3 is 0 Å². The molecule has 1 amide bonds. The molecular formula is C14H17Cl2N3O2. The number of nitrogens with two attached hydrogens (primary N) is 1. The molecule has 2 rings (SSSR count). The molecule has 0 atom stereocenters. The second kappa shape index (κ2) is 7.00. The van der Waals surface area contributed by atoms with E-state index in [9.17, 15) is 4.79 Å². The molecule has 1 aromatic rings. The van der Waals surface area contributed by atoms with E-state index in [1.165, 1.54) is 0 Å². The number of hydrogen-bond acceptors (Lipinski definition) is 3. The standard InChI is InChI=1S/C14H17Cl2N3O2/c15-11-6-5-9(7-12(11)16)14(20)19(8-13(17)18-21)10-3-1-2-4-10/h5-7,10,21H,1-4,8H2,(H2,17,18). The van der Waals surface area contributed by atoms with Crippen LogP contribution in [0.25, 0.3) is 0 Å². The zero-order valence-corrected chi connectivity index (χ0v) is 12.9. The minimum absolute atomic E-state index is 0.00955. The number of amidine groups is 1. The summed E-state index contributed by atoms with van der Waals surface area (Å²) in [4.78, 5) is 14.3. The highest BCUT2D eigenvalue weighted by Crippen LogP contribution is 2.27. The van der Waals surface area contributed by atoms with Gasteiger partial charge in [0, 0.05) is 11.6 Å². The summed E-state index contributed by atoms with van der Waals surface area (Å²) in [6.07, 6.45) is 4.00. The molecule has 1 aromatic carbocycles. The normalized spacial score (nSPS) is 16.2. The molecular weight excluding hydrogens is 313 g/mol. The molecule has 0 aliphatic heterocycles. The van der Waals surface area contributed by atoms with E-state index >= 15 is 0 Å². The smallest absolute Gasteiger partial charge is 0.254 e. The fourth-order valence-electron chi connectivity index (χ4n) is 2.58. The molecule has 21 heavy (non-hydrogen) atoms. The van der Waals surface area contributed by atoms with Crippen molar-refractivity contribution in [3.8, 4) is 0 Å². The van der Waals surface area contributed by atoms with Crippen LogP contribution in [0, 0.1) is 0 Å². The maximum absolute atomic E-state index is 12.7. The fraction of sp³-hybridized carbons (Fsp3) is 0.429. The van der Waals surface area contributed by atoms with Gasteiger partial charge in [0.2, 0.25) is 0 Å². The van der Waals surface area contributed by atoms with Crippen molar-refractivity contribution in [1.82, 2.24) is 4.90 Å². The Bertz CT molecular complexity index is 557. The van der Waals surface area contributed by atoms with Crippen molar-refractivity contribution in [3.05, 3.63) is 33.8 Å². The van der Waals surface area contributed by atoms with Crippen LogP contribution >= 0.6 is 23.2 Å². The van der Waals surface area contributed by atoms with Gasteiger partial charge in [0.1, 0.15) is 0 Å². The number of halogens is 2. The summed E-state index contributed by atoms with van der Waals surface area (Å²) in [5.74, 6) is -0.178. The second-order valence-corrected chi connectivity index (χ2v) is 5.91. The Morgan fingerprint density at radius 2 is 2.00 bits per heavy atom. The summed E-state index contributed by atoms with van der Waals surface area (Å²) >= 11 is 11.8. The molecule has 1 aliphatic rings. The maximum atomic E-state index is 12.7. The largest absolute Gasteiger partial charge is 0.409 e. The molecule has 1 aliphatic carbocycles. The van der Waals surface area contributed by atoms with Crippen LogP contribution in [0.15, 0.2) is 23.4 Å². The first-order valence-corrected chi connectivity index (χ1v) is 7.51. The van der Waals surface area contributed by atoms with Gasteiger partial charge in [0.25, 0.3) is 5.91 Å². The molecule has 0 radical (unpaired) electrons. The van der Waals surface area contributed by atoms with Crippen LogP contribution < -0.4 is 5.73 Å². The molecule has 114 valence electrons. The summed E-state index contributed by atoms with van der Waals surface area (Å²) in [7, 11) is 0. The molecule has 0 aromatic heterocycles. The lowest BCUT2D eigenvalue weighted by atomic mass is 10.1. The third-order valence-corrected chi connectivity index (χ3v) is 4.39. The zero-order chi connectivity index (χ0) is 15.4. The number of hydrogen-bond donors (Lipinski definition) is 2. The van der Waals surface area contributed by atoms with E-state index in [4.69, 9.17) is 34.1 Å². The van der Waals surface area contributed by atoms with E-state index in [1.54, 1.807) is 23.1 Å². The molecule has 5 nitrogen and oxygen atoms in total. The van der Waals surface area contributed by atoms with Gasteiger partial charge in [-0.05, 0) is 31.0 Å². The first kappa shape index (κ1) is 15.9. The minimum Gasteiger partial charge on any atom is -0.409 e. The Morgan fingerprint density at radius 3 is 2.57 bits per heavy atom. The SMILES string of the molecule is NC(CN(C(=O)c1ccc(Cl)c(Cl)c1)C1CCCC1)=NO. The summed E-state index contributed by atoms with van der Waals surface area (Å²) < 4.78 is 0. The van der Waals surface area contributed by atoms with E-state index in [0.717, 1.165) is 25.7 Å². The highest BCUT2D eigenvalue weighted by atomic mass is 35.5. The van der Waals surface area contributed by atoms with Crippen molar-refractivity contribution in [3.63, 3.8) is 0 Å². The Kier molecular flexibility index (Phi) is 5.31. The summed E-state index contributed by atoms with van der Waals surface area (Å²) in [5.41, 5.74) is 6.02. The first-order chi connectivity index (χ1) is 10.0.